The number of rotatable bonds is 8. The van der Waals surface area contributed by atoms with Crippen LogP contribution in [0.15, 0.2) is 24.3 Å². The monoisotopic (exact) mass is 388 g/mol. The molecule has 0 saturated carbocycles. The summed E-state index contributed by atoms with van der Waals surface area (Å²) in [4.78, 5) is 0. The first-order valence-corrected chi connectivity index (χ1v) is 9.72. The molecule has 144 valence electrons. The number of hydrogen-bond donors (Lipinski definition) is 4. The summed E-state index contributed by atoms with van der Waals surface area (Å²) in [5, 5.41) is 16.7. The number of aromatic hydroxyl groups is 1. The van der Waals surface area contributed by atoms with Crippen molar-refractivity contribution in [3.8, 4) is 5.75 Å². The summed E-state index contributed by atoms with van der Waals surface area (Å²) in [6.45, 7) is 4.19. The third-order valence-corrected chi connectivity index (χ3v) is 3.01. The number of aliphatic hydroxyl groups excluding tert-OH is 1. The molecule has 0 amide bonds. The van der Waals surface area contributed by atoms with E-state index in [0.29, 0.717) is 5.75 Å². The predicted molar refractivity (Wildman–Crippen MR) is 104 cm³/mol. The van der Waals surface area contributed by atoms with E-state index >= 15 is 0 Å². The second-order valence-electron chi connectivity index (χ2n) is 5.30. The quantitative estimate of drug-likeness (QED) is 0.308. The normalized spacial score (nSPS) is 9.80. The first kappa shape index (κ1) is 29.6. The fourth-order valence-electron chi connectivity index (χ4n) is 1.95. The minimum atomic E-state index is -4.67. The van der Waals surface area contributed by atoms with Gasteiger partial charge in [0.1, 0.15) is 5.75 Å². The summed E-state index contributed by atoms with van der Waals surface area (Å²) < 4.78 is 31.6. The Kier molecular flexibility index (Phi) is 23.9. The molecule has 0 atom stereocenters. The van der Waals surface area contributed by atoms with Crippen molar-refractivity contribution in [2.45, 2.75) is 65.2 Å². The zero-order valence-corrected chi connectivity index (χ0v) is 15.5. The van der Waals surface area contributed by atoms with E-state index in [9.17, 15) is 0 Å². The van der Waals surface area contributed by atoms with E-state index in [2.05, 4.69) is 6.92 Å². The van der Waals surface area contributed by atoms with Crippen molar-refractivity contribution in [2.75, 3.05) is 6.61 Å². The second-order valence-corrected chi connectivity index (χ2v) is 6.20. The van der Waals surface area contributed by atoms with Gasteiger partial charge in [0.15, 0.2) is 0 Å². The summed E-state index contributed by atoms with van der Waals surface area (Å²) in [7, 11) is -4.67. The van der Waals surface area contributed by atoms with Crippen LogP contribution in [-0.4, -0.2) is 63.9 Å². The molecule has 0 bridgehead atoms. The van der Waals surface area contributed by atoms with Gasteiger partial charge in [-0.15, -0.1) is 0 Å². The topological polar surface area (TPSA) is 115 Å². The fourth-order valence-corrected chi connectivity index (χ4v) is 1.95. The van der Waals surface area contributed by atoms with Crippen molar-refractivity contribution >= 4 is 40.0 Å². The molecule has 6 nitrogen and oxygen atoms in total. The standard InChI is InChI=1S/C15H24O.C2H6O.Na.H2O4S.H/c1-2-3-4-5-6-7-8-9-14-10-12-15(16)13-11-14;1-2-3;;1-5(2,3)4;/h10-13,16H,2-9H2,1H3;3H,2H2,1H3;;(H2,1,2,3,4);. The summed E-state index contributed by atoms with van der Waals surface area (Å²) in [6, 6.07) is 7.59. The van der Waals surface area contributed by atoms with Crippen molar-refractivity contribution in [1.29, 1.82) is 0 Å². The molecule has 1 aromatic rings. The Balaban J connectivity index is -0.000000455. The van der Waals surface area contributed by atoms with Crippen LogP contribution in [0, 0.1) is 0 Å². The van der Waals surface area contributed by atoms with E-state index in [1.165, 1.54) is 50.5 Å². The number of phenolic OH excluding ortho intramolecular Hbond substituents is 1. The number of unbranched alkanes of at least 4 members (excludes halogenated alkanes) is 6. The van der Waals surface area contributed by atoms with E-state index in [0.717, 1.165) is 6.42 Å². The number of aliphatic hydroxyl groups is 1. The fraction of sp³-hybridized carbons (Fsp3) is 0.647. The molecule has 25 heavy (non-hydrogen) atoms. The minimum absolute atomic E-state index is 0. The van der Waals surface area contributed by atoms with Crippen LogP contribution in [0.1, 0.15) is 64.4 Å². The molecule has 0 fully saturated rings. The molecule has 0 unspecified atom stereocenters. The van der Waals surface area contributed by atoms with Gasteiger partial charge in [0.25, 0.3) is 0 Å². The zero-order valence-electron chi connectivity index (χ0n) is 14.7. The third-order valence-electron chi connectivity index (χ3n) is 3.01. The van der Waals surface area contributed by atoms with Crippen LogP contribution in [0.5, 0.6) is 5.75 Å². The molecule has 0 saturated heterocycles. The Morgan fingerprint density at radius 1 is 0.840 bits per heavy atom. The first-order chi connectivity index (χ1) is 11.2. The van der Waals surface area contributed by atoms with Crippen LogP contribution in [0.2, 0.25) is 0 Å². The van der Waals surface area contributed by atoms with E-state index in [-0.39, 0.29) is 36.2 Å². The number of hydrogen-bond acceptors (Lipinski definition) is 4. The zero-order chi connectivity index (χ0) is 18.8. The summed E-state index contributed by atoms with van der Waals surface area (Å²) >= 11 is 0. The Bertz CT molecular complexity index is 468. The van der Waals surface area contributed by atoms with Crippen molar-refractivity contribution < 1.29 is 27.7 Å². The van der Waals surface area contributed by atoms with Gasteiger partial charge in [-0.1, -0.05) is 57.6 Å². The van der Waals surface area contributed by atoms with E-state index in [1.807, 2.05) is 12.1 Å². The van der Waals surface area contributed by atoms with Crippen LogP contribution in [0.3, 0.4) is 0 Å². The first-order valence-electron chi connectivity index (χ1n) is 8.33. The molecule has 0 aliphatic rings. The summed E-state index contributed by atoms with van der Waals surface area (Å²) in [6.07, 6.45) is 10.6. The van der Waals surface area contributed by atoms with Gasteiger partial charge in [-0.2, -0.15) is 8.42 Å². The molecule has 4 N–H and O–H groups in total. The molecular weight excluding hydrogens is 355 g/mol. The maximum absolute atomic E-state index is 9.15. The SMILES string of the molecule is CCCCCCCCCc1ccc(O)cc1.CCO.O=S(=O)(O)O.[NaH]. The molecule has 0 aliphatic heterocycles. The molecular formula is C17H33NaO6S. The van der Waals surface area contributed by atoms with Gasteiger partial charge in [-0.05, 0) is 37.5 Å². The van der Waals surface area contributed by atoms with Gasteiger partial charge in [-0.25, -0.2) is 0 Å². The van der Waals surface area contributed by atoms with Gasteiger partial charge in [-0.3, -0.25) is 9.11 Å². The van der Waals surface area contributed by atoms with Crippen LogP contribution in [0.4, 0.5) is 0 Å². The molecule has 0 aromatic heterocycles. The Morgan fingerprint density at radius 2 is 1.20 bits per heavy atom. The molecule has 1 aromatic carbocycles. The summed E-state index contributed by atoms with van der Waals surface area (Å²) in [5.74, 6) is 0.364. The van der Waals surface area contributed by atoms with E-state index < -0.39 is 10.4 Å². The van der Waals surface area contributed by atoms with Gasteiger partial charge < -0.3 is 10.2 Å². The number of benzene rings is 1. The van der Waals surface area contributed by atoms with Gasteiger partial charge in [0.05, 0.1) is 0 Å². The average molecular weight is 389 g/mol. The maximum atomic E-state index is 9.15. The van der Waals surface area contributed by atoms with Crippen molar-refractivity contribution in [3.05, 3.63) is 29.8 Å². The van der Waals surface area contributed by atoms with Crippen molar-refractivity contribution in [3.63, 3.8) is 0 Å². The number of phenols is 1. The van der Waals surface area contributed by atoms with Gasteiger partial charge >= 0.3 is 40.0 Å². The van der Waals surface area contributed by atoms with Crippen molar-refractivity contribution in [2.24, 2.45) is 0 Å². The number of aryl methyl sites for hydroxylation is 1. The molecule has 8 heteroatoms. The van der Waals surface area contributed by atoms with Crippen LogP contribution in [-0.2, 0) is 16.8 Å². The Hall–Kier alpha value is -0.150. The molecule has 0 heterocycles. The van der Waals surface area contributed by atoms with Crippen LogP contribution < -0.4 is 0 Å². The van der Waals surface area contributed by atoms with Crippen LogP contribution in [0.25, 0.3) is 0 Å². The van der Waals surface area contributed by atoms with Crippen molar-refractivity contribution in [1.82, 2.24) is 0 Å². The summed E-state index contributed by atoms with van der Waals surface area (Å²) in [5.41, 5.74) is 1.34. The predicted octanol–water partition coefficient (Wildman–Crippen LogP) is 3.38. The van der Waals surface area contributed by atoms with Gasteiger partial charge in [0, 0.05) is 6.61 Å². The Morgan fingerprint density at radius 3 is 1.60 bits per heavy atom. The average Bonchev–Trinajstić information content (AvgIpc) is 2.47. The molecule has 0 spiro atoms. The molecule has 0 radical (unpaired) electrons. The van der Waals surface area contributed by atoms with Gasteiger partial charge in [0.2, 0.25) is 0 Å². The molecule has 1 rings (SSSR count). The Labute approximate surface area is 174 Å². The molecule has 0 aliphatic carbocycles. The van der Waals surface area contributed by atoms with Crippen LogP contribution >= 0.6 is 0 Å². The van der Waals surface area contributed by atoms with E-state index in [4.69, 9.17) is 27.7 Å². The third kappa shape index (κ3) is 32.0. The second kappa shape index (κ2) is 20.2. The van der Waals surface area contributed by atoms with E-state index in [1.54, 1.807) is 19.1 Å².